The highest BCUT2D eigenvalue weighted by Crippen LogP contribution is 2.26. The molecule has 3 rings (SSSR count). The molecule has 0 saturated heterocycles. The summed E-state index contributed by atoms with van der Waals surface area (Å²) in [5.41, 5.74) is 0. The summed E-state index contributed by atoms with van der Waals surface area (Å²) >= 11 is 4.57. The van der Waals surface area contributed by atoms with Gasteiger partial charge in [-0.25, -0.2) is 17.7 Å². The molecule has 0 fully saturated rings. The maximum absolute atomic E-state index is 12.0. The van der Waals surface area contributed by atoms with Crippen molar-refractivity contribution in [3.8, 4) is 11.7 Å². The number of rotatable bonds is 6. The molecule has 3 heterocycles. The molecule has 0 N–H and O–H groups in total. The minimum atomic E-state index is -3.48. The van der Waals surface area contributed by atoms with Crippen LogP contribution in [0.1, 0.15) is 5.89 Å². The highest BCUT2D eigenvalue weighted by molar-refractivity contribution is 9.10. The highest BCUT2D eigenvalue weighted by Gasteiger charge is 2.17. The summed E-state index contributed by atoms with van der Waals surface area (Å²) in [7, 11) is -0.530. The molecule has 0 aliphatic carbocycles. The summed E-state index contributed by atoms with van der Waals surface area (Å²) in [6, 6.07) is 6.62. The van der Waals surface area contributed by atoms with Crippen molar-refractivity contribution in [2.75, 3.05) is 14.1 Å². The van der Waals surface area contributed by atoms with Crippen LogP contribution in [0.25, 0.3) is 11.7 Å². The largest absolute Gasteiger partial charge is 0.444 e. The number of pyridine rings is 1. The Hall–Kier alpha value is -1.69. The first-order valence-corrected chi connectivity index (χ1v) is 10.2. The summed E-state index contributed by atoms with van der Waals surface area (Å²) in [6.07, 6.45) is 1.33. The van der Waals surface area contributed by atoms with E-state index < -0.39 is 10.0 Å². The van der Waals surface area contributed by atoms with Gasteiger partial charge >= 0.3 is 0 Å². The molecule has 132 valence electrons. The average Bonchev–Trinajstić information content (AvgIpc) is 3.22. The third-order valence-electron chi connectivity index (χ3n) is 3.08. The second-order valence-electron chi connectivity index (χ2n) is 5.01. The number of sulfonamides is 1. The lowest BCUT2D eigenvalue weighted by Crippen LogP contribution is -2.22. The molecular formula is C14H13BrN4O4S2. The van der Waals surface area contributed by atoms with Crippen molar-refractivity contribution < 1.29 is 17.3 Å². The second kappa shape index (κ2) is 7.28. The Balaban J connectivity index is 1.65. The Morgan fingerprint density at radius 2 is 1.96 bits per heavy atom. The Kier molecular flexibility index (Phi) is 5.27. The standard InChI is InChI=1S/C14H13BrN4O4S2/c1-19(2)25(20,21)9-3-6-13(16-7-9)24-8-12-17-18-14(23-12)10-4-5-11(15)22-10/h3-7H,8H2,1-2H3. The Bertz CT molecular complexity index is 967. The van der Waals surface area contributed by atoms with E-state index in [1.54, 1.807) is 18.2 Å². The van der Waals surface area contributed by atoms with Crippen LogP contribution in [0, 0.1) is 0 Å². The van der Waals surface area contributed by atoms with Crippen LogP contribution in [0.3, 0.4) is 0 Å². The summed E-state index contributed by atoms with van der Waals surface area (Å²) in [5.74, 6) is 1.59. The molecule has 0 aromatic carbocycles. The molecule has 0 amide bonds. The molecule has 0 spiro atoms. The van der Waals surface area contributed by atoms with E-state index in [9.17, 15) is 8.42 Å². The molecule has 8 nitrogen and oxygen atoms in total. The lowest BCUT2D eigenvalue weighted by Gasteiger charge is -2.10. The van der Waals surface area contributed by atoms with E-state index in [2.05, 4.69) is 31.1 Å². The predicted octanol–water partition coefficient (Wildman–Crippen LogP) is 3.03. The third kappa shape index (κ3) is 4.11. The maximum Gasteiger partial charge on any atom is 0.283 e. The lowest BCUT2D eigenvalue weighted by molar-refractivity contribution is 0.486. The van der Waals surface area contributed by atoms with Crippen molar-refractivity contribution in [3.05, 3.63) is 41.0 Å². The molecule has 25 heavy (non-hydrogen) atoms. The SMILES string of the molecule is CN(C)S(=O)(=O)c1ccc(SCc2nnc(-c3ccc(Br)o3)o2)nc1. The van der Waals surface area contributed by atoms with Crippen LogP contribution in [-0.4, -0.2) is 42.0 Å². The van der Waals surface area contributed by atoms with Gasteiger partial charge in [-0.3, -0.25) is 0 Å². The average molecular weight is 445 g/mol. The number of hydrogen-bond acceptors (Lipinski definition) is 8. The smallest absolute Gasteiger partial charge is 0.283 e. The fourth-order valence-electron chi connectivity index (χ4n) is 1.79. The van der Waals surface area contributed by atoms with Crippen LogP contribution < -0.4 is 0 Å². The molecule has 0 bridgehead atoms. The molecule has 0 aliphatic rings. The second-order valence-corrected chi connectivity index (χ2v) is 8.94. The number of halogens is 1. The Morgan fingerprint density at radius 3 is 2.56 bits per heavy atom. The minimum absolute atomic E-state index is 0.144. The van der Waals surface area contributed by atoms with E-state index in [1.807, 2.05) is 0 Å². The maximum atomic E-state index is 12.0. The molecule has 3 aromatic heterocycles. The van der Waals surface area contributed by atoms with E-state index in [0.717, 1.165) is 4.31 Å². The van der Waals surface area contributed by atoms with Crippen LogP contribution in [0.15, 0.2) is 53.9 Å². The zero-order valence-electron chi connectivity index (χ0n) is 13.2. The van der Waals surface area contributed by atoms with Crippen molar-refractivity contribution in [3.63, 3.8) is 0 Å². The van der Waals surface area contributed by atoms with Crippen molar-refractivity contribution in [1.29, 1.82) is 0 Å². The molecule has 0 atom stereocenters. The van der Waals surface area contributed by atoms with Crippen LogP contribution in [0.4, 0.5) is 0 Å². The van der Waals surface area contributed by atoms with Crippen molar-refractivity contribution in [1.82, 2.24) is 19.5 Å². The quantitative estimate of drug-likeness (QED) is 0.534. The minimum Gasteiger partial charge on any atom is -0.444 e. The molecule has 0 saturated carbocycles. The van der Waals surface area contributed by atoms with E-state index >= 15 is 0 Å². The van der Waals surface area contributed by atoms with Gasteiger partial charge in [-0.15, -0.1) is 10.2 Å². The van der Waals surface area contributed by atoms with Gasteiger partial charge in [0.25, 0.3) is 5.89 Å². The normalized spacial score (nSPS) is 12.0. The lowest BCUT2D eigenvalue weighted by atomic mass is 10.5. The number of thioether (sulfide) groups is 1. The number of furan rings is 1. The van der Waals surface area contributed by atoms with Crippen molar-refractivity contribution >= 4 is 37.7 Å². The zero-order chi connectivity index (χ0) is 18.0. The fraction of sp³-hybridized carbons (Fsp3) is 0.214. The van der Waals surface area contributed by atoms with E-state index in [4.69, 9.17) is 8.83 Å². The van der Waals surface area contributed by atoms with E-state index in [0.29, 0.717) is 33.0 Å². The van der Waals surface area contributed by atoms with Gasteiger partial charge in [0.05, 0.1) is 10.8 Å². The summed E-state index contributed by atoms with van der Waals surface area (Å²) in [6.45, 7) is 0. The zero-order valence-corrected chi connectivity index (χ0v) is 16.4. The molecular weight excluding hydrogens is 432 g/mol. The highest BCUT2D eigenvalue weighted by atomic mass is 79.9. The van der Waals surface area contributed by atoms with Crippen LogP contribution in [0.5, 0.6) is 0 Å². The van der Waals surface area contributed by atoms with Gasteiger partial charge in [-0.2, -0.15) is 0 Å². The number of nitrogens with zero attached hydrogens (tertiary/aromatic N) is 4. The van der Waals surface area contributed by atoms with E-state index in [-0.39, 0.29) is 4.90 Å². The van der Waals surface area contributed by atoms with Gasteiger partial charge in [-0.1, -0.05) is 11.8 Å². The number of aromatic nitrogens is 3. The van der Waals surface area contributed by atoms with Gasteiger partial charge in [0.1, 0.15) is 4.90 Å². The molecule has 3 aromatic rings. The molecule has 0 unspecified atom stereocenters. The van der Waals surface area contributed by atoms with Crippen molar-refractivity contribution in [2.45, 2.75) is 15.7 Å². The first-order valence-electron chi connectivity index (χ1n) is 6.96. The first-order chi connectivity index (χ1) is 11.9. The summed E-state index contributed by atoms with van der Waals surface area (Å²) in [4.78, 5) is 4.30. The number of hydrogen-bond donors (Lipinski definition) is 0. The molecule has 0 aliphatic heterocycles. The van der Waals surface area contributed by atoms with Crippen LogP contribution in [0.2, 0.25) is 0 Å². The monoisotopic (exact) mass is 444 g/mol. The van der Waals surface area contributed by atoms with Crippen LogP contribution >= 0.6 is 27.7 Å². The summed E-state index contributed by atoms with van der Waals surface area (Å²) in [5, 5.41) is 8.53. The Labute approximate surface area is 156 Å². The van der Waals surface area contributed by atoms with Crippen molar-refractivity contribution in [2.24, 2.45) is 0 Å². The van der Waals surface area contributed by atoms with Gasteiger partial charge in [0.2, 0.25) is 15.9 Å². The summed E-state index contributed by atoms with van der Waals surface area (Å²) < 4.78 is 36.6. The fourth-order valence-corrected chi connectivity index (χ4v) is 3.63. The first kappa shape index (κ1) is 18.1. The topological polar surface area (TPSA) is 102 Å². The van der Waals surface area contributed by atoms with E-state index in [1.165, 1.54) is 38.1 Å². The van der Waals surface area contributed by atoms with Gasteiger partial charge in [-0.05, 0) is 40.2 Å². The van der Waals surface area contributed by atoms with Gasteiger partial charge in [0, 0.05) is 20.3 Å². The third-order valence-corrected chi connectivity index (χ3v) is 6.24. The predicted molar refractivity (Wildman–Crippen MR) is 94.4 cm³/mol. The van der Waals surface area contributed by atoms with Gasteiger partial charge < -0.3 is 8.83 Å². The van der Waals surface area contributed by atoms with Gasteiger partial charge in [0.15, 0.2) is 10.4 Å². The molecule has 0 radical (unpaired) electrons. The Morgan fingerprint density at radius 1 is 1.16 bits per heavy atom. The van der Waals surface area contributed by atoms with Crippen LogP contribution in [-0.2, 0) is 15.8 Å². The molecule has 11 heteroatoms.